The van der Waals surface area contributed by atoms with Crippen LogP contribution in [0.4, 0.5) is 35.0 Å². The van der Waals surface area contributed by atoms with Gasteiger partial charge in [-0.05, 0) is 24.3 Å². The predicted octanol–water partition coefficient (Wildman–Crippen LogP) is 5.04. The Bertz CT molecular complexity index is 949. The van der Waals surface area contributed by atoms with Crippen molar-refractivity contribution in [1.82, 2.24) is 15.2 Å². The van der Waals surface area contributed by atoms with E-state index < -0.39 is 16.8 Å². The number of hydrogen-bond donors (Lipinski definition) is 2. The maximum atomic E-state index is 13.6. The average Bonchev–Trinajstić information content (AvgIpc) is 2.62. The number of nitrogens with zero attached hydrogens (tertiary/aromatic N) is 3. The molecule has 5 nitrogen and oxygen atoms in total. The molecule has 27 heavy (non-hydrogen) atoms. The van der Waals surface area contributed by atoms with Gasteiger partial charge in [-0.2, -0.15) is 23.3 Å². The monoisotopic (exact) mass is 397 g/mol. The third-order valence-corrected chi connectivity index (χ3v) is 3.83. The Hall–Kier alpha value is -2.94. The molecule has 140 valence electrons. The summed E-state index contributed by atoms with van der Waals surface area (Å²) in [6.45, 7) is 0.157. The number of aromatic nitrogens is 3. The van der Waals surface area contributed by atoms with Crippen molar-refractivity contribution in [3.8, 4) is 0 Å². The molecule has 2 N–H and O–H groups in total. The van der Waals surface area contributed by atoms with Crippen LogP contribution >= 0.6 is 11.6 Å². The van der Waals surface area contributed by atoms with E-state index in [0.717, 1.165) is 12.1 Å². The van der Waals surface area contributed by atoms with Gasteiger partial charge in [0.15, 0.2) is 5.82 Å². The van der Waals surface area contributed by atoms with Crippen molar-refractivity contribution in [3.63, 3.8) is 0 Å². The highest BCUT2D eigenvalue weighted by Gasteiger charge is 2.33. The van der Waals surface area contributed by atoms with Crippen molar-refractivity contribution in [3.05, 3.63) is 70.6 Å². The molecule has 0 aliphatic rings. The SMILES string of the molecule is Fc1ccccc1CNc1cnnc(Nc2ccc(Cl)c(C(F)(F)F)c2)n1. The van der Waals surface area contributed by atoms with Crippen LogP contribution in [0.15, 0.2) is 48.7 Å². The van der Waals surface area contributed by atoms with Gasteiger partial charge in [0.25, 0.3) is 0 Å². The second-order valence-corrected chi connectivity index (χ2v) is 5.83. The van der Waals surface area contributed by atoms with Gasteiger partial charge in [0.05, 0.1) is 16.8 Å². The van der Waals surface area contributed by atoms with Gasteiger partial charge in [-0.15, -0.1) is 5.10 Å². The fourth-order valence-electron chi connectivity index (χ4n) is 2.22. The molecule has 2 aromatic carbocycles. The van der Waals surface area contributed by atoms with Crippen molar-refractivity contribution in [2.24, 2.45) is 0 Å². The van der Waals surface area contributed by atoms with E-state index in [-0.39, 0.29) is 29.8 Å². The highest BCUT2D eigenvalue weighted by Crippen LogP contribution is 2.36. The lowest BCUT2D eigenvalue weighted by molar-refractivity contribution is -0.137. The molecule has 0 spiro atoms. The number of nitrogens with one attached hydrogen (secondary N) is 2. The van der Waals surface area contributed by atoms with Crippen molar-refractivity contribution in [2.45, 2.75) is 12.7 Å². The van der Waals surface area contributed by atoms with Crippen LogP contribution in [0.25, 0.3) is 0 Å². The van der Waals surface area contributed by atoms with Gasteiger partial charge in [-0.25, -0.2) is 4.39 Å². The molecule has 1 aromatic heterocycles. The molecule has 0 unspecified atom stereocenters. The molecule has 0 aliphatic heterocycles. The van der Waals surface area contributed by atoms with Gasteiger partial charge < -0.3 is 10.6 Å². The quantitative estimate of drug-likeness (QED) is 0.591. The zero-order chi connectivity index (χ0) is 19.4. The van der Waals surface area contributed by atoms with Crippen LogP contribution in [-0.2, 0) is 12.7 Å². The Morgan fingerprint density at radius 2 is 1.85 bits per heavy atom. The molecular formula is C17H12ClF4N5. The summed E-state index contributed by atoms with van der Waals surface area (Å²) in [5, 5.41) is 12.5. The Balaban J connectivity index is 1.74. The number of hydrogen-bond acceptors (Lipinski definition) is 5. The first-order chi connectivity index (χ1) is 12.8. The molecule has 0 aliphatic carbocycles. The van der Waals surface area contributed by atoms with Crippen LogP contribution < -0.4 is 10.6 Å². The van der Waals surface area contributed by atoms with Gasteiger partial charge >= 0.3 is 6.18 Å². The predicted molar refractivity (Wildman–Crippen MR) is 93.3 cm³/mol. The largest absolute Gasteiger partial charge is 0.417 e. The van der Waals surface area contributed by atoms with Gasteiger partial charge in [0, 0.05) is 17.8 Å². The summed E-state index contributed by atoms with van der Waals surface area (Å²) in [5.74, 6) is -0.115. The van der Waals surface area contributed by atoms with Gasteiger partial charge in [-0.3, -0.25) is 0 Å². The lowest BCUT2D eigenvalue weighted by Crippen LogP contribution is -2.08. The molecule has 0 fully saturated rings. The Morgan fingerprint density at radius 1 is 1.07 bits per heavy atom. The first-order valence-electron chi connectivity index (χ1n) is 7.64. The fraction of sp³-hybridized carbons (Fsp3) is 0.118. The third-order valence-electron chi connectivity index (χ3n) is 3.50. The lowest BCUT2D eigenvalue weighted by atomic mass is 10.2. The second kappa shape index (κ2) is 7.75. The summed E-state index contributed by atoms with van der Waals surface area (Å²) in [6.07, 6.45) is -3.27. The molecule has 0 atom stereocenters. The van der Waals surface area contributed by atoms with Crippen LogP contribution in [0, 0.1) is 5.82 Å². The molecule has 0 bridgehead atoms. The molecule has 0 radical (unpaired) electrons. The molecule has 3 aromatic rings. The second-order valence-electron chi connectivity index (χ2n) is 5.43. The van der Waals surface area contributed by atoms with E-state index in [1.54, 1.807) is 18.2 Å². The Labute approximate surface area is 156 Å². The molecule has 1 heterocycles. The van der Waals surface area contributed by atoms with Crippen LogP contribution in [0.5, 0.6) is 0 Å². The zero-order valence-corrected chi connectivity index (χ0v) is 14.3. The molecule has 0 saturated carbocycles. The van der Waals surface area contributed by atoms with E-state index >= 15 is 0 Å². The fourth-order valence-corrected chi connectivity index (χ4v) is 2.44. The minimum atomic E-state index is -4.59. The lowest BCUT2D eigenvalue weighted by Gasteiger charge is -2.12. The van der Waals surface area contributed by atoms with Gasteiger partial charge in [-0.1, -0.05) is 29.8 Å². The maximum Gasteiger partial charge on any atom is 0.417 e. The van der Waals surface area contributed by atoms with E-state index in [4.69, 9.17) is 11.6 Å². The van der Waals surface area contributed by atoms with E-state index in [9.17, 15) is 17.6 Å². The first-order valence-corrected chi connectivity index (χ1v) is 8.01. The highest BCUT2D eigenvalue weighted by atomic mass is 35.5. The van der Waals surface area contributed by atoms with Crippen molar-refractivity contribution >= 4 is 29.1 Å². The van der Waals surface area contributed by atoms with E-state index in [0.29, 0.717) is 5.56 Å². The topological polar surface area (TPSA) is 62.7 Å². The standard InChI is InChI=1S/C17H12ClF4N5/c18-13-6-5-11(7-12(13)17(20,21)22)25-16-26-15(9-24-27-16)23-8-10-3-1-2-4-14(10)19/h1-7,9H,8H2,(H2,23,25,26,27). The summed E-state index contributed by atoms with van der Waals surface area (Å²) < 4.78 is 52.4. The van der Waals surface area contributed by atoms with E-state index in [2.05, 4.69) is 25.8 Å². The number of alkyl halides is 3. The summed E-state index contributed by atoms with van der Waals surface area (Å²) in [5.41, 5.74) is -0.450. The molecule has 0 amide bonds. The number of anilines is 3. The van der Waals surface area contributed by atoms with Crippen molar-refractivity contribution in [1.29, 1.82) is 0 Å². The maximum absolute atomic E-state index is 13.6. The summed E-state index contributed by atoms with van der Waals surface area (Å²) in [7, 11) is 0. The van der Waals surface area contributed by atoms with Gasteiger partial charge in [0.2, 0.25) is 5.95 Å². The summed E-state index contributed by atoms with van der Waals surface area (Å²) in [6, 6.07) is 9.56. The zero-order valence-electron chi connectivity index (χ0n) is 13.6. The van der Waals surface area contributed by atoms with Crippen LogP contribution in [0.1, 0.15) is 11.1 Å². The number of benzene rings is 2. The van der Waals surface area contributed by atoms with E-state index in [1.807, 2.05) is 0 Å². The summed E-state index contributed by atoms with van der Waals surface area (Å²) >= 11 is 5.59. The number of rotatable bonds is 5. The average molecular weight is 398 g/mol. The van der Waals surface area contributed by atoms with Crippen molar-refractivity contribution in [2.75, 3.05) is 10.6 Å². The highest BCUT2D eigenvalue weighted by molar-refractivity contribution is 6.31. The molecular weight excluding hydrogens is 386 g/mol. The number of halogens is 5. The van der Waals surface area contributed by atoms with Gasteiger partial charge in [0.1, 0.15) is 5.82 Å². The molecule has 0 saturated heterocycles. The third kappa shape index (κ3) is 4.82. The molecule has 3 rings (SSSR count). The Morgan fingerprint density at radius 3 is 2.59 bits per heavy atom. The van der Waals surface area contributed by atoms with Crippen LogP contribution in [0.2, 0.25) is 5.02 Å². The smallest absolute Gasteiger partial charge is 0.364 e. The van der Waals surface area contributed by atoms with Crippen molar-refractivity contribution < 1.29 is 17.6 Å². The first kappa shape index (κ1) is 18.8. The summed E-state index contributed by atoms with van der Waals surface area (Å²) in [4.78, 5) is 4.09. The minimum absolute atomic E-state index is 0.0241. The van der Waals surface area contributed by atoms with Crippen LogP contribution in [0.3, 0.4) is 0 Å². The normalized spacial score (nSPS) is 11.3. The van der Waals surface area contributed by atoms with Crippen LogP contribution in [-0.4, -0.2) is 15.2 Å². The molecule has 10 heteroatoms. The van der Waals surface area contributed by atoms with E-state index in [1.165, 1.54) is 18.3 Å². The Kier molecular flexibility index (Phi) is 5.41. The minimum Gasteiger partial charge on any atom is -0.364 e.